The average Bonchev–Trinajstić information content (AvgIpc) is 2.76. The van der Waals surface area contributed by atoms with E-state index in [1.807, 2.05) is 44.2 Å². The Morgan fingerprint density at radius 1 is 1.06 bits per heavy atom. The standard InChI is InChI=1S/C23H29Cl2N3O4S/c1-5-16(2)26-23(30)17(3)27(14-18-9-7-6-8-10-18)22(29)15-28(33(4,31)32)21-13-19(24)11-12-20(21)25/h6-13,16-17H,5,14-15H2,1-4H3,(H,26,30)/t16-,17+/m1/s1. The number of nitrogens with zero attached hydrogens (tertiary/aromatic N) is 2. The number of sulfonamides is 1. The van der Waals surface area contributed by atoms with Crippen molar-refractivity contribution in [1.29, 1.82) is 0 Å². The lowest BCUT2D eigenvalue weighted by Crippen LogP contribution is -2.52. The fraction of sp³-hybridized carbons (Fsp3) is 0.391. The Bertz CT molecular complexity index is 1080. The first kappa shape index (κ1) is 27.0. The van der Waals surface area contributed by atoms with Gasteiger partial charge in [-0.1, -0.05) is 60.5 Å². The van der Waals surface area contributed by atoms with Crippen LogP contribution in [0.5, 0.6) is 0 Å². The van der Waals surface area contributed by atoms with Gasteiger partial charge in [-0.05, 0) is 44.0 Å². The SMILES string of the molecule is CC[C@@H](C)NC(=O)[C@H](C)N(Cc1ccccc1)C(=O)CN(c1cc(Cl)ccc1Cl)S(C)(=O)=O. The van der Waals surface area contributed by atoms with Gasteiger partial charge in [0.2, 0.25) is 21.8 Å². The summed E-state index contributed by atoms with van der Waals surface area (Å²) in [6.07, 6.45) is 1.72. The van der Waals surface area contributed by atoms with E-state index in [-0.39, 0.29) is 34.2 Å². The Hall–Kier alpha value is -2.29. The molecule has 2 aromatic carbocycles. The van der Waals surface area contributed by atoms with E-state index in [0.29, 0.717) is 0 Å². The molecule has 10 heteroatoms. The van der Waals surface area contributed by atoms with Crippen molar-refractivity contribution in [2.75, 3.05) is 17.1 Å². The van der Waals surface area contributed by atoms with Crippen LogP contribution in [0.3, 0.4) is 0 Å². The smallest absolute Gasteiger partial charge is 0.244 e. The van der Waals surface area contributed by atoms with Crippen molar-refractivity contribution in [3.63, 3.8) is 0 Å². The number of anilines is 1. The van der Waals surface area contributed by atoms with Gasteiger partial charge in [0.15, 0.2) is 0 Å². The predicted octanol–water partition coefficient (Wildman–Crippen LogP) is 4.09. The molecule has 33 heavy (non-hydrogen) atoms. The highest BCUT2D eigenvalue weighted by Crippen LogP contribution is 2.30. The molecule has 0 aliphatic heterocycles. The summed E-state index contributed by atoms with van der Waals surface area (Å²) in [5, 5.41) is 3.29. The number of benzene rings is 2. The van der Waals surface area contributed by atoms with Crippen LogP contribution in [0, 0.1) is 0 Å². The maximum absolute atomic E-state index is 13.4. The lowest BCUT2D eigenvalue weighted by atomic mass is 10.1. The molecule has 2 atom stereocenters. The van der Waals surface area contributed by atoms with Crippen molar-refractivity contribution in [3.05, 3.63) is 64.1 Å². The van der Waals surface area contributed by atoms with Crippen molar-refractivity contribution >= 4 is 50.7 Å². The third kappa shape index (κ3) is 7.62. The van der Waals surface area contributed by atoms with Gasteiger partial charge >= 0.3 is 0 Å². The molecule has 0 spiro atoms. The Balaban J connectivity index is 2.40. The van der Waals surface area contributed by atoms with Crippen LogP contribution < -0.4 is 9.62 Å². The van der Waals surface area contributed by atoms with Gasteiger partial charge in [0, 0.05) is 17.6 Å². The fourth-order valence-corrected chi connectivity index (χ4v) is 4.39. The lowest BCUT2D eigenvalue weighted by Gasteiger charge is -2.32. The van der Waals surface area contributed by atoms with Crippen LogP contribution in [0.15, 0.2) is 48.5 Å². The van der Waals surface area contributed by atoms with Gasteiger partial charge in [0.1, 0.15) is 12.6 Å². The highest BCUT2D eigenvalue weighted by Gasteiger charge is 2.31. The molecule has 0 heterocycles. The molecule has 2 amide bonds. The highest BCUT2D eigenvalue weighted by atomic mass is 35.5. The van der Waals surface area contributed by atoms with Crippen LogP contribution in [0.1, 0.15) is 32.8 Å². The molecule has 2 aromatic rings. The number of halogens is 2. The molecule has 0 aliphatic rings. The molecule has 0 fully saturated rings. The number of amides is 2. The minimum absolute atomic E-state index is 0.0635. The largest absolute Gasteiger partial charge is 0.352 e. The third-order valence-corrected chi connectivity index (χ3v) is 6.90. The Morgan fingerprint density at radius 2 is 1.70 bits per heavy atom. The second-order valence-corrected chi connectivity index (χ2v) is 10.6. The molecule has 0 unspecified atom stereocenters. The molecule has 7 nitrogen and oxygen atoms in total. The van der Waals surface area contributed by atoms with E-state index in [4.69, 9.17) is 23.2 Å². The first-order valence-corrected chi connectivity index (χ1v) is 13.1. The summed E-state index contributed by atoms with van der Waals surface area (Å²) in [7, 11) is -3.89. The molecule has 0 bridgehead atoms. The van der Waals surface area contributed by atoms with Gasteiger partial charge in [0.05, 0.1) is 17.0 Å². The summed E-state index contributed by atoms with van der Waals surface area (Å²) in [4.78, 5) is 27.6. The molecular weight excluding hydrogens is 485 g/mol. The summed E-state index contributed by atoms with van der Waals surface area (Å²) < 4.78 is 26.1. The molecule has 180 valence electrons. The summed E-state index contributed by atoms with van der Waals surface area (Å²) in [5.41, 5.74) is 0.900. The van der Waals surface area contributed by atoms with Crippen LogP contribution in [-0.2, 0) is 26.2 Å². The molecule has 0 aliphatic carbocycles. The van der Waals surface area contributed by atoms with E-state index >= 15 is 0 Å². The van der Waals surface area contributed by atoms with Crippen LogP contribution >= 0.6 is 23.2 Å². The number of nitrogens with one attached hydrogen (secondary N) is 1. The van der Waals surface area contributed by atoms with Crippen LogP contribution in [0.2, 0.25) is 10.0 Å². The Morgan fingerprint density at radius 3 is 2.27 bits per heavy atom. The van der Waals surface area contributed by atoms with Gasteiger partial charge in [-0.2, -0.15) is 0 Å². The molecule has 0 radical (unpaired) electrons. The van der Waals surface area contributed by atoms with E-state index in [2.05, 4.69) is 5.32 Å². The van der Waals surface area contributed by atoms with Gasteiger partial charge in [-0.15, -0.1) is 0 Å². The molecule has 0 saturated carbocycles. The lowest BCUT2D eigenvalue weighted by molar-refractivity contribution is -0.139. The third-order valence-electron chi connectivity index (χ3n) is 5.22. The first-order valence-electron chi connectivity index (χ1n) is 10.5. The second-order valence-electron chi connectivity index (χ2n) is 7.87. The van der Waals surface area contributed by atoms with Gasteiger partial charge in [-0.3, -0.25) is 13.9 Å². The number of hydrogen-bond donors (Lipinski definition) is 1. The zero-order chi connectivity index (χ0) is 24.8. The van der Waals surface area contributed by atoms with E-state index in [9.17, 15) is 18.0 Å². The summed E-state index contributed by atoms with van der Waals surface area (Å²) >= 11 is 12.3. The van der Waals surface area contributed by atoms with E-state index in [0.717, 1.165) is 22.5 Å². The quantitative estimate of drug-likeness (QED) is 0.518. The summed E-state index contributed by atoms with van der Waals surface area (Å²) in [6.45, 7) is 5.04. The number of carbonyl (C=O) groups is 2. The predicted molar refractivity (Wildman–Crippen MR) is 133 cm³/mol. The van der Waals surface area contributed by atoms with Crippen molar-refractivity contribution in [2.45, 2.75) is 45.8 Å². The molecule has 2 rings (SSSR count). The van der Waals surface area contributed by atoms with E-state index in [1.165, 1.54) is 23.1 Å². The number of rotatable bonds is 10. The number of carbonyl (C=O) groups excluding carboxylic acids is 2. The van der Waals surface area contributed by atoms with Gasteiger partial charge in [0.25, 0.3) is 0 Å². The van der Waals surface area contributed by atoms with Crippen molar-refractivity contribution in [1.82, 2.24) is 10.2 Å². The summed E-state index contributed by atoms with van der Waals surface area (Å²) in [5.74, 6) is -0.868. The number of hydrogen-bond acceptors (Lipinski definition) is 4. The average molecular weight is 514 g/mol. The monoisotopic (exact) mass is 513 g/mol. The van der Waals surface area contributed by atoms with E-state index in [1.54, 1.807) is 6.92 Å². The molecule has 0 aromatic heterocycles. The minimum Gasteiger partial charge on any atom is -0.352 e. The summed E-state index contributed by atoms with van der Waals surface area (Å²) in [6, 6.07) is 12.7. The Labute approximate surface area is 205 Å². The van der Waals surface area contributed by atoms with Crippen LogP contribution in [0.4, 0.5) is 5.69 Å². The maximum atomic E-state index is 13.4. The Kier molecular flexibility index (Phi) is 9.57. The molecular formula is C23H29Cl2N3O4S. The first-order chi connectivity index (χ1) is 15.4. The van der Waals surface area contributed by atoms with Crippen molar-refractivity contribution < 1.29 is 18.0 Å². The van der Waals surface area contributed by atoms with Crippen LogP contribution in [0.25, 0.3) is 0 Å². The second kappa shape index (κ2) is 11.7. The highest BCUT2D eigenvalue weighted by molar-refractivity contribution is 7.92. The van der Waals surface area contributed by atoms with Crippen LogP contribution in [-0.4, -0.2) is 50.0 Å². The molecule has 0 saturated heterocycles. The fourth-order valence-electron chi connectivity index (χ4n) is 3.10. The van der Waals surface area contributed by atoms with Crippen molar-refractivity contribution in [2.24, 2.45) is 0 Å². The van der Waals surface area contributed by atoms with E-state index < -0.39 is 28.5 Å². The van der Waals surface area contributed by atoms with Gasteiger partial charge in [-0.25, -0.2) is 8.42 Å². The molecule has 1 N–H and O–H groups in total. The van der Waals surface area contributed by atoms with Gasteiger partial charge < -0.3 is 10.2 Å². The zero-order valence-corrected chi connectivity index (χ0v) is 21.4. The topological polar surface area (TPSA) is 86.8 Å². The minimum atomic E-state index is -3.89. The zero-order valence-electron chi connectivity index (χ0n) is 19.1. The van der Waals surface area contributed by atoms with Crippen molar-refractivity contribution in [3.8, 4) is 0 Å². The maximum Gasteiger partial charge on any atom is 0.244 e. The normalized spacial score (nSPS) is 13.2.